The molecular weight excluding hydrogens is 414 g/mol. The Balaban J connectivity index is 1.91. The highest BCUT2D eigenvalue weighted by Crippen LogP contribution is 2.35. The molecule has 0 unspecified atom stereocenters. The van der Waals surface area contributed by atoms with Crippen molar-refractivity contribution in [3.8, 4) is 11.3 Å². The van der Waals surface area contributed by atoms with Crippen LogP contribution in [0.25, 0.3) is 11.3 Å². The SMILES string of the molecule is CNC(=O)[C@@H]1C[C@@H](O)CN1C(=O)[C@@H](n1cc(-c2ccc(C(=O)OC)cc2)nn1)C(C)(C)C. The predicted molar refractivity (Wildman–Crippen MR) is 115 cm³/mol. The first-order valence-corrected chi connectivity index (χ1v) is 10.4. The molecule has 2 N–H and O–H groups in total. The summed E-state index contributed by atoms with van der Waals surface area (Å²) in [6.45, 7) is 5.80. The molecule has 3 atom stereocenters. The van der Waals surface area contributed by atoms with Gasteiger partial charge in [-0.3, -0.25) is 9.59 Å². The van der Waals surface area contributed by atoms with Gasteiger partial charge in [0.15, 0.2) is 0 Å². The number of aliphatic hydroxyl groups is 1. The highest BCUT2D eigenvalue weighted by Gasteiger charge is 2.45. The number of hydrogen-bond acceptors (Lipinski definition) is 7. The molecule has 10 nitrogen and oxygen atoms in total. The minimum absolute atomic E-state index is 0.0834. The molecule has 2 heterocycles. The first-order valence-electron chi connectivity index (χ1n) is 10.4. The average molecular weight is 444 g/mol. The minimum atomic E-state index is -0.762. The maximum Gasteiger partial charge on any atom is 0.337 e. The van der Waals surface area contributed by atoms with Crippen molar-refractivity contribution in [3.63, 3.8) is 0 Å². The van der Waals surface area contributed by atoms with Crippen LogP contribution in [0.1, 0.15) is 43.6 Å². The first-order chi connectivity index (χ1) is 15.1. The number of aromatic nitrogens is 3. The summed E-state index contributed by atoms with van der Waals surface area (Å²) < 4.78 is 6.21. The van der Waals surface area contributed by atoms with Crippen LogP contribution >= 0.6 is 0 Å². The predicted octanol–water partition coefficient (Wildman–Crippen LogP) is 1.03. The highest BCUT2D eigenvalue weighted by molar-refractivity contribution is 5.90. The maximum absolute atomic E-state index is 13.6. The molecule has 1 aromatic carbocycles. The maximum atomic E-state index is 13.6. The number of likely N-dealkylation sites (N-methyl/N-ethyl adjacent to an activating group) is 1. The van der Waals surface area contributed by atoms with Crippen molar-refractivity contribution in [2.75, 3.05) is 20.7 Å². The van der Waals surface area contributed by atoms with Crippen molar-refractivity contribution >= 4 is 17.8 Å². The summed E-state index contributed by atoms with van der Waals surface area (Å²) in [7, 11) is 2.83. The number of amides is 2. The van der Waals surface area contributed by atoms with Crippen molar-refractivity contribution in [3.05, 3.63) is 36.0 Å². The van der Waals surface area contributed by atoms with Gasteiger partial charge in [0.1, 0.15) is 17.8 Å². The summed E-state index contributed by atoms with van der Waals surface area (Å²) in [5.41, 5.74) is 1.13. The van der Waals surface area contributed by atoms with Crippen LogP contribution in [0.3, 0.4) is 0 Å². The van der Waals surface area contributed by atoms with Gasteiger partial charge >= 0.3 is 5.97 Å². The zero-order chi connectivity index (χ0) is 23.6. The van der Waals surface area contributed by atoms with E-state index < -0.39 is 29.6 Å². The highest BCUT2D eigenvalue weighted by atomic mass is 16.5. The number of rotatable bonds is 5. The van der Waals surface area contributed by atoms with Crippen molar-refractivity contribution in [2.45, 2.75) is 45.4 Å². The summed E-state index contributed by atoms with van der Waals surface area (Å²) in [6.07, 6.45) is 1.10. The fourth-order valence-electron chi connectivity index (χ4n) is 3.94. The fraction of sp³-hybridized carbons (Fsp3) is 0.500. The zero-order valence-electron chi connectivity index (χ0n) is 18.9. The number of β-amino-alcohol motifs (C(OH)–C–C–N with tert-alkyl or cyclic N) is 1. The van der Waals surface area contributed by atoms with E-state index in [0.717, 1.165) is 5.56 Å². The molecule has 0 radical (unpaired) electrons. The van der Waals surface area contributed by atoms with E-state index in [0.29, 0.717) is 11.3 Å². The van der Waals surface area contributed by atoms with E-state index in [1.54, 1.807) is 30.5 Å². The van der Waals surface area contributed by atoms with Crippen LogP contribution < -0.4 is 5.32 Å². The minimum Gasteiger partial charge on any atom is -0.465 e. The Morgan fingerprint density at radius 3 is 2.44 bits per heavy atom. The second kappa shape index (κ2) is 9.07. The van der Waals surface area contributed by atoms with Gasteiger partial charge in [-0.1, -0.05) is 38.1 Å². The molecule has 0 spiro atoms. The topological polar surface area (TPSA) is 127 Å². The smallest absolute Gasteiger partial charge is 0.337 e. The van der Waals surface area contributed by atoms with Crippen molar-refractivity contribution in [1.82, 2.24) is 25.2 Å². The van der Waals surface area contributed by atoms with Gasteiger partial charge in [0, 0.05) is 25.6 Å². The molecule has 32 heavy (non-hydrogen) atoms. The Hall–Kier alpha value is -3.27. The van der Waals surface area contributed by atoms with E-state index >= 15 is 0 Å². The molecule has 2 aromatic rings. The van der Waals surface area contributed by atoms with Crippen LogP contribution in [0.15, 0.2) is 30.5 Å². The molecule has 0 bridgehead atoms. The molecule has 1 aromatic heterocycles. The monoisotopic (exact) mass is 443 g/mol. The third kappa shape index (κ3) is 4.64. The largest absolute Gasteiger partial charge is 0.465 e. The molecule has 2 amide bonds. The molecule has 0 aliphatic carbocycles. The first kappa shape index (κ1) is 23.4. The van der Waals surface area contributed by atoms with Crippen molar-refractivity contribution in [2.24, 2.45) is 5.41 Å². The van der Waals surface area contributed by atoms with Gasteiger partial charge in [0.25, 0.3) is 0 Å². The van der Waals surface area contributed by atoms with E-state index in [2.05, 4.69) is 15.6 Å². The Kier molecular flexibility index (Phi) is 6.63. The molecule has 172 valence electrons. The Labute approximate surface area is 186 Å². The van der Waals surface area contributed by atoms with Crippen LogP contribution in [-0.2, 0) is 14.3 Å². The number of likely N-dealkylation sites (tertiary alicyclic amines) is 1. The Morgan fingerprint density at radius 2 is 1.88 bits per heavy atom. The summed E-state index contributed by atoms with van der Waals surface area (Å²) in [5.74, 6) is -1.05. The number of carbonyl (C=O) groups is 3. The van der Waals surface area contributed by atoms with Crippen LogP contribution in [0.2, 0.25) is 0 Å². The second-order valence-electron chi connectivity index (χ2n) is 8.93. The van der Waals surface area contributed by atoms with Gasteiger partial charge in [0.2, 0.25) is 11.8 Å². The molecule has 1 fully saturated rings. The number of aliphatic hydroxyl groups excluding tert-OH is 1. The van der Waals surface area contributed by atoms with E-state index in [-0.39, 0.29) is 24.8 Å². The lowest BCUT2D eigenvalue weighted by atomic mass is 9.85. The lowest BCUT2D eigenvalue weighted by Crippen LogP contribution is -2.49. The molecule has 10 heteroatoms. The fourth-order valence-corrected chi connectivity index (χ4v) is 3.94. The number of methoxy groups -OCH3 is 1. The quantitative estimate of drug-likeness (QED) is 0.661. The molecule has 3 rings (SSSR count). The van der Waals surface area contributed by atoms with Gasteiger partial charge in [-0.2, -0.15) is 0 Å². The van der Waals surface area contributed by atoms with Crippen molar-refractivity contribution < 1.29 is 24.2 Å². The summed E-state index contributed by atoms with van der Waals surface area (Å²) in [5, 5.41) is 21.1. The van der Waals surface area contributed by atoms with Gasteiger partial charge in [0.05, 0.1) is 25.0 Å². The summed E-state index contributed by atoms with van der Waals surface area (Å²) >= 11 is 0. The number of ether oxygens (including phenoxy) is 1. The van der Waals surface area contributed by atoms with Crippen LogP contribution in [0, 0.1) is 5.41 Å². The number of carbonyl (C=O) groups excluding carboxylic acids is 3. The van der Waals surface area contributed by atoms with Crippen molar-refractivity contribution in [1.29, 1.82) is 0 Å². The number of hydrogen-bond donors (Lipinski definition) is 2. The number of nitrogens with zero attached hydrogens (tertiary/aromatic N) is 4. The van der Waals surface area contributed by atoms with Gasteiger partial charge in [-0.05, 0) is 17.5 Å². The van der Waals surface area contributed by atoms with Crippen LogP contribution in [-0.4, -0.2) is 75.6 Å². The Bertz CT molecular complexity index is 995. The zero-order valence-corrected chi connectivity index (χ0v) is 18.9. The average Bonchev–Trinajstić information content (AvgIpc) is 3.38. The molecule has 1 aliphatic heterocycles. The number of nitrogens with one attached hydrogen (secondary N) is 1. The van der Waals surface area contributed by atoms with Gasteiger partial charge in [-0.15, -0.1) is 5.10 Å². The van der Waals surface area contributed by atoms with Crippen LogP contribution in [0.4, 0.5) is 0 Å². The second-order valence-corrected chi connectivity index (χ2v) is 8.93. The standard InChI is InChI=1S/C22H29N5O5/c1-22(2,3)18(20(30)26-11-15(28)10-17(26)19(29)23-4)27-12-16(24-25-27)13-6-8-14(9-7-13)21(31)32-5/h6-9,12,15,17-18,28H,10-11H2,1-5H3,(H,23,29)/t15-,17+,18-/m1/s1. The van der Waals surface area contributed by atoms with E-state index in [1.165, 1.54) is 23.7 Å². The number of esters is 1. The molecular formula is C22H29N5O5. The normalized spacial score (nSPS) is 19.5. The Morgan fingerprint density at radius 1 is 1.22 bits per heavy atom. The number of benzene rings is 1. The van der Waals surface area contributed by atoms with Gasteiger partial charge in [-0.25, -0.2) is 9.48 Å². The molecule has 1 aliphatic rings. The third-order valence-corrected chi connectivity index (χ3v) is 5.54. The summed E-state index contributed by atoms with van der Waals surface area (Å²) in [4.78, 5) is 38.9. The van der Waals surface area contributed by atoms with E-state index in [9.17, 15) is 19.5 Å². The molecule has 0 saturated carbocycles. The summed E-state index contributed by atoms with van der Waals surface area (Å²) in [6, 6.07) is 5.25. The lowest BCUT2D eigenvalue weighted by molar-refractivity contribution is -0.144. The third-order valence-electron chi connectivity index (χ3n) is 5.54. The van der Waals surface area contributed by atoms with Crippen LogP contribution in [0.5, 0.6) is 0 Å². The molecule has 1 saturated heterocycles. The van der Waals surface area contributed by atoms with E-state index in [4.69, 9.17) is 4.74 Å². The van der Waals surface area contributed by atoms with Gasteiger partial charge < -0.3 is 20.1 Å². The lowest BCUT2D eigenvalue weighted by Gasteiger charge is -2.34. The van der Waals surface area contributed by atoms with E-state index in [1.807, 2.05) is 20.8 Å².